The molecule has 1 aromatic heterocycles. The van der Waals surface area contributed by atoms with Crippen molar-refractivity contribution in [2.45, 2.75) is 57.9 Å². The van der Waals surface area contributed by atoms with Crippen LogP contribution in [0, 0.1) is 5.92 Å². The normalized spacial score (nSPS) is 12.1. The van der Waals surface area contributed by atoms with Crippen LogP contribution >= 0.6 is 11.6 Å². The molecular formula is C26H32ClN3O4S. The third-order valence-corrected chi connectivity index (χ3v) is 6.97. The van der Waals surface area contributed by atoms with Gasteiger partial charge in [0.2, 0.25) is 0 Å². The molecule has 1 N–H and O–H groups in total. The molecule has 0 bridgehead atoms. The van der Waals surface area contributed by atoms with E-state index in [2.05, 4.69) is 44.3 Å². The van der Waals surface area contributed by atoms with Crippen LogP contribution in [0.1, 0.15) is 51.6 Å². The first-order valence-corrected chi connectivity index (χ1v) is 13.2. The number of ether oxygens (including phenoxy) is 1. The van der Waals surface area contributed by atoms with Crippen molar-refractivity contribution in [3.63, 3.8) is 0 Å². The van der Waals surface area contributed by atoms with E-state index in [0.29, 0.717) is 23.2 Å². The van der Waals surface area contributed by atoms with Gasteiger partial charge < -0.3 is 9.30 Å². The lowest BCUT2D eigenvalue weighted by atomic mass is 9.95. The highest BCUT2D eigenvalue weighted by atomic mass is 35.5. The van der Waals surface area contributed by atoms with Crippen molar-refractivity contribution < 1.29 is 17.9 Å². The van der Waals surface area contributed by atoms with Crippen LogP contribution in [0.2, 0.25) is 5.15 Å². The van der Waals surface area contributed by atoms with Crippen LogP contribution in [-0.2, 0) is 33.1 Å². The molecule has 188 valence electrons. The van der Waals surface area contributed by atoms with Gasteiger partial charge in [0, 0.05) is 23.7 Å². The van der Waals surface area contributed by atoms with Gasteiger partial charge in [-0.2, -0.15) is 0 Å². The van der Waals surface area contributed by atoms with Gasteiger partial charge in [-0.05, 0) is 41.2 Å². The lowest BCUT2D eigenvalue weighted by Gasteiger charge is -2.20. The van der Waals surface area contributed by atoms with Crippen LogP contribution in [0.4, 0.5) is 4.79 Å². The maximum absolute atomic E-state index is 12.9. The number of methoxy groups -OCH3 is 1. The van der Waals surface area contributed by atoms with Crippen molar-refractivity contribution >= 4 is 27.7 Å². The smallest absolute Gasteiger partial charge is 0.420 e. The van der Waals surface area contributed by atoms with Gasteiger partial charge in [0.15, 0.2) is 0 Å². The highest BCUT2D eigenvalue weighted by Crippen LogP contribution is 2.30. The van der Waals surface area contributed by atoms with Crippen molar-refractivity contribution in [2.24, 2.45) is 5.92 Å². The number of rotatable bonds is 7. The fourth-order valence-corrected chi connectivity index (χ4v) is 5.26. The van der Waals surface area contributed by atoms with Crippen LogP contribution in [0.5, 0.6) is 0 Å². The van der Waals surface area contributed by atoms with Crippen LogP contribution in [0.15, 0.2) is 53.6 Å². The third-order valence-electron chi connectivity index (χ3n) is 5.42. The zero-order valence-corrected chi connectivity index (χ0v) is 22.5. The minimum absolute atomic E-state index is 0.0135. The summed E-state index contributed by atoms with van der Waals surface area (Å²) in [5, 5.41) is 0.446. The fourth-order valence-electron chi connectivity index (χ4n) is 3.93. The molecule has 0 aliphatic carbocycles. The van der Waals surface area contributed by atoms with Gasteiger partial charge in [-0.25, -0.2) is 22.9 Å². The average Bonchev–Trinajstić information content (AvgIpc) is 3.14. The number of amides is 1. The SMILES string of the molecule is COC(=O)NS(=O)(=O)c1ccc(CC(C)C)cc1-c1ccc(Cn2cc(Cl)nc2C(C)(C)C)cc1. The molecular weight excluding hydrogens is 486 g/mol. The predicted octanol–water partition coefficient (Wildman–Crippen LogP) is 5.79. The van der Waals surface area contributed by atoms with Crippen LogP contribution in [-0.4, -0.2) is 31.2 Å². The number of imidazole rings is 1. The quantitative estimate of drug-likeness (QED) is 0.428. The van der Waals surface area contributed by atoms with Crippen molar-refractivity contribution in [3.8, 4) is 11.1 Å². The highest BCUT2D eigenvalue weighted by Gasteiger charge is 2.24. The molecule has 1 heterocycles. The molecule has 0 atom stereocenters. The Labute approximate surface area is 212 Å². The van der Waals surface area contributed by atoms with Gasteiger partial charge in [-0.15, -0.1) is 0 Å². The van der Waals surface area contributed by atoms with Gasteiger partial charge in [0.1, 0.15) is 11.0 Å². The van der Waals surface area contributed by atoms with E-state index in [1.807, 2.05) is 45.8 Å². The Hall–Kier alpha value is -2.84. The number of benzene rings is 2. The molecule has 3 rings (SSSR count). The second-order valence-corrected chi connectivity index (χ2v) is 12.0. The summed E-state index contributed by atoms with van der Waals surface area (Å²) in [6.45, 7) is 11.0. The third kappa shape index (κ3) is 6.64. The Morgan fingerprint density at radius 3 is 2.31 bits per heavy atom. The van der Waals surface area contributed by atoms with E-state index in [1.165, 1.54) is 6.07 Å². The first-order valence-electron chi connectivity index (χ1n) is 11.4. The summed E-state index contributed by atoms with van der Waals surface area (Å²) in [5.74, 6) is 1.29. The summed E-state index contributed by atoms with van der Waals surface area (Å²) >= 11 is 6.17. The molecule has 0 saturated heterocycles. The highest BCUT2D eigenvalue weighted by molar-refractivity contribution is 7.90. The fraction of sp³-hybridized carbons (Fsp3) is 0.385. The summed E-state index contributed by atoms with van der Waals surface area (Å²) in [7, 11) is -3.01. The zero-order chi connectivity index (χ0) is 26.0. The maximum atomic E-state index is 12.9. The van der Waals surface area contributed by atoms with Crippen molar-refractivity contribution in [1.82, 2.24) is 14.3 Å². The van der Waals surface area contributed by atoms with Crippen molar-refractivity contribution in [1.29, 1.82) is 0 Å². The standard InChI is InChI=1S/C26H32ClN3O4S/c1-17(2)13-19-9-12-22(35(32,33)29-25(31)34-6)21(14-19)20-10-7-18(8-11-20)15-30-16-23(27)28-24(30)26(3,4)5/h7-12,14,16-17H,13,15H2,1-6H3,(H,29,31). The first kappa shape index (κ1) is 26.8. The van der Waals surface area contributed by atoms with E-state index >= 15 is 0 Å². The summed E-state index contributed by atoms with van der Waals surface area (Å²) in [4.78, 5) is 16.1. The summed E-state index contributed by atoms with van der Waals surface area (Å²) < 4.78 is 34.3. The molecule has 35 heavy (non-hydrogen) atoms. The van der Waals surface area contributed by atoms with Crippen LogP contribution in [0.3, 0.4) is 0 Å². The Bertz CT molecular complexity index is 1310. The van der Waals surface area contributed by atoms with Crippen LogP contribution in [0.25, 0.3) is 11.1 Å². The number of aromatic nitrogens is 2. The molecule has 0 unspecified atom stereocenters. The van der Waals surface area contributed by atoms with Crippen LogP contribution < -0.4 is 4.72 Å². The van der Waals surface area contributed by atoms with E-state index in [1.54, 1.807) is 6.07 Å². The number of halogens is 1. The topological polar surface area (TPSA) is 90.3 Å². The molecule has 0 aliphatic rings. The number of carbonyl (C=O) groups is 1. The molecule has 0 aliphatic heterocycles. The van der Waals surface area contributed by atoms with Gasteiger partial charge in [-0.3, -0.25) is 0 Å². The van der Waals surface area contributed by atoms with Crippen molar-refractivity contribution in [3.05, 3.63) is 70.8 Å². The second-order valence-electron chi connectivity index (χ2n) is 9.99. The van der Waals surface area contributed by atoms with Gasteiger partial charge in [-0.1, -0.05) is 76.6 Å². The molecule has 0 radical (unpaired) electrons. The number of hydrogen-bond acceptors (Lipinski definition) is 5. The lowest BCUT2D eigenvalue weighted by Crippen LogP contribution is -2.30. The number of carbonyl (C=O) groups excluding carboxylic acids is 1. The minimum atomic E-state index is -4.13. The molecule has 0 saturated carbocycles. The minimum Gasteiger partial charge on any atom is -0.452 e. The largest absolute Gasteiger partial charge is 0.452 e. The second kappa shape index (κ2) is 10.4. The van der Waals surface area contributed by atoms with E-state index in [9.17, 15) is 13.2 Å². The summed E-state index contributed by atoms with van der Waals surface area (Å²) in [5.41, 5.74) is 3.11. The van der Waals surface area contributed by atoms with E-state index in [0.717, 1.165) is 36.0 Å². The lowest BCUT2D eigenvalue weighted by molar-refractivity contribution is 0.177. The summed E-state index contributed by atoms with van der Waals surface area (Å²) in [6, 6.07) is 12.9. The van der Waals surface area contributed by atoms with E-state index in [4.69, 9.17) is 11.6 Å². The number of nitrogens with one attached hydrogen (secondary N) is 1. The zero-order valence-electron chi connectivity index (χ0n) is 20.9. The van der Waals surface area contributed by atoms with Crippen molar-refractivity contribution in [2.75, 3.05) is 7.11 Å². The van der Waals surface area contributed by atoms with E-state index < -0.39 is 16.1 Å². The molecule has 2 aromatic carbocycles. The number of sulfonamides is 1. The predicted molar refractivity (Wildman–Crippen MR) is 138 cm³/mol. The first-order chi connectivity index (χ1) is 16.3. The monoisotopic (exact) mass is 517 g/mol. The molecule has 0 spiro atoms. The Kier molecular flexibility index (Phi) is 7.97. The molecule has 1 amide bonds. The number of hydrogen-bond donors (Lipinski definition) is 1. The molecule has 0 fully saturated rings. The number of nitrogens with zero attached hydrogens (tertiary/aromatic N) is 2. The molecule has 7 nitrogen and oxygen atoms in total. The van der Waals surface area contributed by atoms with E-state index in [-0.39, 0.29) is 10.3 Å². The Balaban J connectivity index is 2.00. The Morgan fingerprint density at radius 2 is 1.74 bits per heavy atom. The van der Waals surface area contributed by atoms with Gasteiger partial charge in [0.05, 0.1) is 12.0 Å². The maximum Gasteiger partial charge on any atom is 0.420 e. The molecule has 3 aromatic rings. The molecule has 9 heteroatoms. The van der Waals surface area contributed by atoms with Gasteiger partial charge >= 0.3 is 6.09 Å². The summed E-state index contributed by atoms with van der Waals surface area (Å²) in [6.07, 6.45) is 1.58. The van der Waals surface area contributed by atoms with Gasteiger partial charge in [0.25, 0.3) is 10.0 Å². The Morgan fingerprint density at radius 1 is 1.11 bits per heavy atom. The average molecular weight is 518 g/mol.